The van der Waals surface area contributed by atoms with E-state index in [0.717, 1.165) is 18.2 Å². The Morgan fingerprint density at radius 1 is 0.848 bits per heavy atom. The van der Waals surface area contributed by atoms with Gasteiger partial charge in [-0.1, -0.05) is 19.7 Å². The largest absolute Gasteiger partial charge is 0.462 e. The van der Waals surface area contributed by atoms with Gasteiger partial charge in [-0.05, 0) is 0 Å². The summed E-state index contributed by atoms with van der Waals surface area (Å²) in [5.74, 6) is -2.38. The molecule has 1 unspecified atom stereocenters. The average Bonchev–Trinajstić information content (AvgIpc) is 2.77. The van der Waals surface area contributed by atoms with Gasteiger partial charge in [-0.25, -0.2) is 33.3 Å². The van der Waals surface area contributed by atoms with E-state index in [1.54, 1.807) is 0 Å². The van der Waals surface area contributed by atoms with Gasteiger partial charge in [0.1, 0.15) is 0 Å². The van der Waals surface area contributed by atoms with Gasteiger partial charge in [0.25, 0.3) is 0 Å². The van der Waals surface area contributed by atoms with Gasteiger partial charge in [-0.3, -0.25) is 9.97 Å². The molecule has 0 aliphatic carbocycles. The topological polar surface area (TPSA) is 187 Å². The third kappa shape index (κ3) is 7.57. The van der Waals surface area contributed by atoms with Crippen molar-refractivity contribution in [3.63, 3.8) is 0 Å². The molecule has 1 atom stereocenters. The van der Waals surface area contributed by atoms with E-state index in [2.05, 4.69) is 19.7 Å². The van der Waals surface area contributed by atoms with Gasteiger partial charge in [0.15, 0.2) is 0 Å². The summed E-state index contributed by atoms with van der Waals surface area (Å²) in [4.78, 5) is 74.7. The van der Waals surface area contributed by atoms with Crippen LogP contribution in [0.5, 0.6) is 0 Å². The molecule has 1 heterocycles. The van der Waals surface area contributed by atoms with Crippen molar-refractivity contribution < 1.29 is 33.7 Å². The summed E-state index contributed by atoms with van der Waals surface area (Å²) in [5.41, 5.74) is -5.29. The fourth-order valence-electron chi connectivity index (χ4n) is 3.04. The summed E-state index contributed by atoms with van der Waals surface area (Å²) in [6, 6.07) is 0. The van der Waals surface area contributed by atoms with Crippen molar-refractivity contribution in [3.05, 3.63) is 69.4 Å². The van der Waals surface area contributed by atoms with Crippen molar-refractivity contribution in [2.75, 3.05) is 19.8 Å². The minimum Gasteiger partial charge on any atom is -0.462 e. The Morgan fingerprint density at radius 3 is 1.64 bits per heavy atom. The number of aliphatic hydroxyl groups is 1. The lowest BCUT2D eigenvalue weighted by molar-refractivity contribution is -0.143. The van der Waals surface area contributed by atoms with Crippen LogP contribution in [-0.4, -0.2) is 63.5 Å². The number of hydrogen-bond acceptors (Lipinski definition) is 10. The molecule has 0 fully saturated rings. The molecule has 0 aliphatic rings. The number of esters is 3. The number of aromatic amines is 2. The van der Waals surface area contributed by atoms with Crippen molar-refractivity contribution >= 4 is 17.9 Å². The van der Waals surface area contributed by atoms with Crippen LogP contribution in [0.3, 0.4) is 0 Å². The quantitative estimate of drug-likeness (QED) is 0.167. The molecule has 1 aromatic heterocycles. The molecule has 0 amide bonds. The Hall–Kier alpha value is -4.00. The predicted octanol–water partition coefficient (Wildman–Crippen LogP) is -1.36. The number of hydrogen-bond donors (Lipinski definition) is 3. The van der Waals surface area contributed by atoms with Gasteiger partial charge in [-0.2, -0.15) is 0 Å². The number of carbonyl (C=O) groups is 3. The number of aliphatic hydroxyl groups excluding tert-OH is 1. The number of rotatable bonds is 14. The highest BCUT2D eigenvalue weighted by Gasteiger charge is 2.42. The minimum absolute atomic E-state index is 0.282. The number of nitrogens with one attached hydrogen (secondary N) is 2. The van der Waals surface area contributed by atoms with Crippen LogP contribution < -0.4 is 17.1 Å². The van der Waals surface area contributed by atoms with E-state index in [1.165, 1.54) is 0 Å². The first-order chi connectivity index (χ1) is 15.6. The lowest BCUT2D eigenvalue weighted by atomic mass is 9.83. The molecular formula is C20H25N3O10. The molecule has 13 heteroatoms. The molecule has 0 aliphatic heterocycles. The maximum absolute atomic E-state index is 12.6. The molecule has 0 radical (unpaired) electrons. The molecule has 3 N–H and O–H groups in total. The molecule has 0 spiro atoms. The van der Waals surface area contributed by atoms with Gasteiger partial charge in [0.2, 0.25) is 0 Å². The van der Waals surface area contributed by atoms with E-state index in [1.807, 2.05) is 9.97 Å². The zero-order valence-corrected chi connectivity index (χ0v) is 17.7. The second-order valence-electron chi connectivity index (χ2n) is 6.55. The van der Waals surface area contributed by atoms with Gasteiger partial charge < -0.3 is 19.3 Å². The summed E-state index contributed by atoms with van der Waals surface area (Å²) in [6.45, 7) is 8.63. The van der Waals surface area contributed by atoms with Crippen LogP contribution in [-0.2, 0) is 34.1 Å². The number of ether oxygens (including phenoxy) is 3. The normalized spacial score (nSPS) is 11.7. The van der Waals surface area contributed by atoms with Crippen LogP contribution in [0.2, 0.25) is 0 Å². The average molecular weight is 467 g/mol. The van der Waals surface area contributed by atoms with Crippen molar-refractivity contribution in [2.24, 2.45) is 0 Å². The summed E-state index contributed by atoms with van der Waals surface area (Å²) >= 11 is 0. The Morgan fingerprint density at radius 2 is 1.24 bits per heavy atom. The predicted molar refractivity (Wildman–Crippen MR) is 113 cm³/mol. The number of carbonyl (C=O) groups excluding carboxylic acids is 3. The molecule has 0 bridgehead atoms. The first-order valence-corrected chi connectivity index (χ1v) is 9.63. The van der Waals surface area contributed by atoms with Crippen LogP contribution in [0.15, 0.2) is 52.3 Å². The van der Waals surface area contributed by atoms with E-state index >= 15 is 0 Å². The first-order valence-electron chi connectivity index (χ1n) is 9.63. The van der Waals surface area contributed by atoms with Crippen LogP contribution in [0.4, 0.5) is 0 Å². The Balaban J connectivity index is 3.48. The second kappa shape index (κ2) is 12.8. The van der Waals surface area contributed by atoms with Crippen LogP contribution in [0.25, 0.3) is 0 Å². The smallest absolute Gasteiger partial charge is 0.334 e. The highest BCUT2D eigenvalue weighted by Crippen LogP contribution is 2.30. The summed E-state index contributed by atoms with van der Waals surface area (Å²) in [6.07, 6.45) is 0.156. The van der Waals surface area contributed by atoms with Crippen LogP contribution in [0.1, 0.15) is 19.3 Å². The fourth-order valence-corrected chi connectivity index (χ4v) is 3.04. The van der Waals surface area contributed by atoms with E-state index in [9.17, 15) is 33.9 Å². The summed E-state index contributed by atoms with van der Waals surface area (Å²) in [7, 11) is 0. The van der Waals surface area contributed by atoms with Crippen molar-refractivity contribution in [3.8, 4) is 0 Å². The van der Waals surface area contributed by atoms with Crippen molar-refractivity contribution in [2.45, 2.75) is 30.9 Å². The monoisotopic (exact) mass is 467 g/mol. The first kappa shape index (κ1) is 27.0. The highest BCUT2D eigenvalue weighted by molar-refractivity contribution is 5.81. The lowest BCUT2D eigenvalue weighted by Gasteiger charge is -2.38. The fraction of sp³-hybridized carbons (Fsp3) is 0.400. The third-order valence-electron chi connectivity index (χ3n) is 4.61. The van der Waals surface area contributed by atoms with Crippen molar-refractivity contribution in [1.29, 1.82) is 0 Å². The van der Waals surface area contributed by atoms with Crippen molar-refractivity contribution in [1.82, 2.24) is 14.5 Å². The number of H-pyrrole nitrogens is 2. The van der Waals surface area contributed by atoms with Crippen LogP contribution in [0, 0.1) is 0 Å². The molecule has 33 heavy (non-hydrogen) atoms. The Labute approximate surface area is 187 Å². The second-order valence-corrected chi connectivity index (χ2v) is 6.55. The van der Waals surface area contributed by atoms with Gasteiger partial charge in [0, 0.05) is 37.5 Å². The highest BCUT2D eigenvalue weighted by atomic mass is 16.5. The standard InChI is InChI=1S/C20H25N3O10/c1-4-14(25)31-10-7-13(24)20(8-11-32-15(26)5-2,9-12-33-16(27)6-3)23-18(29)21-17(28)22-19(23)30/h4-6,13,24H,1-3,7-12H2,(H2,21,22,28,29,30). The molecule has 1 aromatic rings. The maximum Gasteiger partial charge on any atom is 0.334 e. The van der Waals surface area contributed by atoms with Gasteiger partial charge in [0.05, 0.1) is 31.5 Å². The molecule has 0 saturated heterocycles. The number of aromatic nitrogens is 3. The zero-order valence-electron chi connectivity index (χ0n) is 17.7. The Kier molecular flexibility index (Phi) is 10.5. The van der Waals surface area contributed by atoms with E-state index < -0.39 is 59.8 Å². The summed E-state index contributed by atoms with van der Waals surface area (Å²) < 4.78 is 15.3. The zero-order chi connectivity index (χ0) is 25.0. The Bertz CT molecular complexity index is 1000. The molecule has 13 nitrogen and oxygen atoms in total. The van der Waals surface area contributed by atoms with Crippen LogP contribution >= 0.6 is 0 Å². The maximum atomic E-state index is 12.6. The minimum atomic E-state index is -1.86. The van der Waals surface area contributed by atoms with E-state index in [0.29, 0.717) is 4.57 Å². The molecule has 180 valence electrons. The SMILES string of the molecule is C=CC(=O)OCCC(O)C(CCOC(=O)C=C)(CCOC(=O)C=C)n1c(=O)[nH]c(=O)[nH]c1=O. The molecule has 0 saturated carbocycles. The molecule has 1 rings (SSSR count). The summed E-state index contributed by atoms with van der Waals surface area (Å²) in [5, 5.41) is 11.0. The molecular weight excluding hydrogens is 442 g/mol. The number of nitrogens with zero attached hydrogens (tertiary/aromatic N) is 1. The van der Waals surface area contributed by atoms with Gasteiger partial charge in [-0.15, -0.1) is 0 Å². The lowest BCUT2D eigenvalue weighted by Crippen LogP contribution is -2.59. The third-order valence-corrected chi connectivity index (χ3v) is 4.61. The van der Waals surface area contributed by atoms with Gasteiger partial charge >= 0.3 is 35.0 Å². The molecule has 0 aromatic carbocycles. The van der Waals surface area contributed by atoms with E-state index in [4.69, 9.17) is 14.2 Å². The van der Waals surface area contributed by atoms with E-state index in [-0.39, 0.29) is 25.9 Å².